The number of rotatable bonds is 5. The van der Waals surface area contributed by atoms with Crippen molar-refractivity contribution in [3.63, 3.8) is 0 Å². The molecule has 0 atom stereocenters. The van der Waals surface area contributed by atoms with Gasteiger partial charge in [0.2, 0.25) is 11.6 Å². The minimum absolute atomic E-state index is 0.0794. The van der Waals surface area contributed by atoms with Crippen LogP contribution in [0.1, 0.15) is 0 Å². The van der Waals surface area contributed by atoms with Crippen molar-refractivity contribution in [1.29, 1.82) is 0 Å². The van der Waals surface area contributed by atoms with Gasteiger partial charge in [-0.1, -0.05) is 15.9 Å². The van der Waals surface area contributed by atoms with E-state index in [1.165, 1.54) is 13.4 Å². The number of hydrogen-bond donors (Lipinski definition) is 2. The Bertz CT molecular complexity index is 680. The Kier molecular flexibility index (Phi) is 4.53. The van der Waals surface area contributed by atoms with Gasteiger partial charge in [-0.3, -0.25) is 10.1 Å². The van der Waals surface area contributed by atoms with Crippen molar-refractivity contribution in [3.8, 4) is 5.75 Å². The lowest BCUT2D eigenvalue weighted by atomic mass is 10.3. The molecule has 2 aromatic rings. The van der Waals surface area contributed by atoms with Crippen LogP contribution in [0, 0.1) is 10.1 Å². The van der Waals surface area contributed by atoms with Crippen molar-refractivity contribution in [2.75, 3.05) is 24.8 Å². The smallest absolute Gasteiger partial charge is 0.353 e. The first kappa shape index (κ1) is 15.0. The molecule has 0 fully saturated rings. The molecule has 2 N–H and O–H groups in total. The summed E-state index contributed by atoms with van der Waals surface area (Å²) in [6, 6.07) is 5.28. The number of methoxy groups -OCH3 is 1. The Labute approximate surface area is 128 Å². The molecule has 0 spiro atoms. The van der Waals surface area contributed by atoms with Crippen LogP contribution in [0.15, 0.2) is 29.0 Å². The minimum Gasteiger partial charge on any atom is -0.495 e. The van der Waals surface area contributed by atoms with Gasteiger partial charge in [-0.15, -0.1) is 0 Å². The first-order chi connectivity index (χ1) is 10.1. The minimum atomic E-state index is -0.543. The molecule has 8 nitrogen and oxygen atoms in total. The van der Waals surface area contributed by atoms with Gasteiger partial charge in [-0.2, -0.15) is 0 Å². The van der Waals surface area contributed by atoms with Crippen LogP contribution in [0.25, 0.3) is 0 Å². The number of hydrogen-bond acceptors (Lipinski definition) is 7. The number of benzene rings is 1. The van der Waals surface area contributed by atoms with Crippen molar-refractivity contribution < 1.29 is 9.66 Å². The zero-order valence-corrected chi connectivity index (χ0v) is 12.8. The van der Waals surface area contributed by atoms with Gasteiger partial charge in [0.25, 0.3) is 0 Å². The lowest BCUT2D eigenvalue weighted by Crippen LogP contribution is -2.06. The molecule has 2 rings (SSSR count). The predicted octanol–water partition coefficient (Wildman–Crippen LogP) is 2.94. The fourth-order valence-corrected chi connectivity index (χ4v) is 2.09. The van der Waals surface area contributed by atoms with Gasteiger partial charge in [0.15, 0.2) is 0 Å². The molecule has 0 saturated heterocycles. The molecule has 110 valence electrons. The number of aromatic nitrogens is 2. The second kappa shape index (κ2) is 6.35. The van der Waals surface area contributed by atoms with E-state index in [2.05, 4.69) is 36.5 Å². The van der Waals surface area contributed by atoms with Crippen LogP contribution in [0.3, 0.4) is 0 Å². The van der Waals surface area contributed by atoms with E-state index >= 15 is 0 Å². The maximum Gasteiger partial charge on any atom is 0.353 e. The summed E-state index contributed by atoms with van der Waals surface area (Å²) in [6.45, 7) is 0. The zero-order valence-electron chi connectivity index (χ0n) is 11.3. The normalized spacial score (nSPS) is 10.0. The molecule has 0 amide bonds. The maximum absolute atomic E-state index is 11.2. The fourth-order valence-electron chi connectivity index (χ4n) is 1.73. The number of nitrogens with zero attached hydrogens (tertiary/aromatic N) is 3. The highest BCUT2D eigenvalue weighted by atomic mass is 79.9. The van der Waals surface area contributed by atoms with Crippen LogP contribution in [-0.4, -0.2) is 29.0 Å². The first-order valence-corrected chi connectivity index (χ1v) is 6.63. The van der Waals surface area contributed by atoms with E-state index in [-0.39, 0.29) is 17.3 Å². The average Bonchev–Trinajstić information content (AvgIpc) is 2.47. The van der Waals surface area contributed by atoms with Gasteiger partial charge >= 0.3 is 5.69 Å². The van der Waals surface area contributed by atoms with Crippen molar-refractivity contribution in [2.24, 2.45) is 0 Å². The molecular weight excluding hydrogens is 342 g/mol. The maximum atomic E-state index is 11.2. The molecule has 1 aromatic carbocycles. The number of nitro groups is 1. The molecule has 0 bridgehead atoms. The quantitative estimate of drug-likeness (QED) is 0.629. The third-order valence-corrected chi connectivity index (χ3v) is 3.15. The molecule has 21 heavy (non-hydrogen) atoms. The topological polar surface area (TPSA) is 102 Å². The molecular formula is C12H12BrN5O3. The molecule has 0 radical (unpaired) electrons. The average molecular weight is 354 g/mol. The Morgan fingerprint density at radius 3 is 2.67 bits per heavy atom. The molecule has 0 saturated carbocycles. The van der Waals surface area contributed by atoms with Crippen molar-refractivity contribution in [3.05, 3.63) is 39.1 Å². The summed E-state index contributed by atoms with van der Waals surface area (Å²) in [5, 5.41) is 16.8. The predicted molar refractivity (Wildman–Crippen MR) is 82.2 cm³/mol. The third kappa shape index (κ3) is 3.19. The van der Waals surface area contributed by atoms with Gasteiger partial charge in [-0.25, -0.2) is 9.97 Å². The van der Waals surface area contributed by atoms with E-state index in [9.17, 15) is 10.1 Å². The van der Waals surface area contributed by atoms with E-state index in [4.69, 9.17) is 4.74 Å². The number of halogens is 1. The molecule has 0 aliphatic heterocycles. The Morgan fingerprint density at radius 2 is 2.05 bits per heavy atom. The summed E-state index contributed by atoms with van der Waals surface area (Å²) in [7, 11) is 3.07. The number of anilines is 3. The van der Waals surface area contributed by atoms with Crippen molar-refractivity contribution in [1.82, 2.24) is 9.97 Å². The van der Waals surface area contributed by atoms with Crippen LogP contribution >= 0.6 is 15.9 Å². The van der Waals surface area contributed by atoms with Gasteiger partial charge in [-0.05, 0) is 18.2 Å². The molecule has 1 heterocycles. The van der Waals surface area contributed by atoms with Crippen LogP contribution in [0.5, 0.6) is 5.75 Å². The Hall–Kier alpha value is -2.42. The van der Waals surface area contributed by atoms with Gasteiger partial charge in [0.1, 0.15) is 12.1 Å². The summed E-state index contributed by atoms with van der Waals surface area (Å²) in [6.07, 6.45) is 1.24. The van der Waals surface area contributed by atoms with Gasteiger partial charge in [0, 0.05) is 11.5 Å². The zero-order chi connectivity index (χ0) is 15.4. The summed E-state index contributed by atoms with van der Waals surface area (Å²) in [5.74, 6) is 0.749. The highest BCUT2D eigenvalue weighted by Crippen LogP contribution is 2.35. The van der Waals surface area contributed by atoms with E-state index in [0.29, 0.717) is 11.4 Å². The van der Waals surface area contributed by atoms with E-state index < -0.39 is 4.92 Å². The van der Waals surface area contributed by atoms with Gasteiger partial charge in [0.05, 0.1) is 17.7 Å². The molecule has 0 aliphatic carbocycles. The standard InChI is InChI=1S/C12H12BrN5O3/c1-14-11-10(18(19)20)12(16-6-15-11)17-8-5-7(13)3-4-9(8)21-2/h3-6H,1-2H3,(H2,14,15,16,17). The van der Waals surface area contributed by atoms with Gasteiger partial charge < -0.3 is 15.4 Å². The lowest BCUT2D eigenvalue weighted by molar-refractivity contribution is -0.383. The molecule has 9 heteroatoms. The van der Waals surface area contributed by atoms with Crippen molar-refractivity contribution in [2.45, 2.75) is 0 Å². The third-order valence-electron chi connectivity index (χ3n) is 2.66. The highest BCUT2D eigenvalue weighted by Gasteiger charge is 2.23. The van der Waals surface area contributed by atoms with E-state index in [1.807, 2.05) is 0 Å². The Morgan fingerprint density at radius 1 is 1.33 bits per heavy atom. The second-order valence-corrected chi connectivity index (χ2v) is 4.81. The van der Waals surface area contributed by atoms with Crippen LogP contribution in [-0.2, 0) is 0 Å². The number of ether oxygens (including phenoxy) is 1. The second-order valence-electron chi connectivity index (χ2n) is 3.90. The molecule has 1 aromatic heterocycles. The summed E-state index contributed by atoms with van der Waals surface area (Å²) in [5.41, 5.74) is 0.317. The summed E-state index contributed by atoms with van der Waals surface area (Å²) < 4.78 is 6.02. The SMILES string of the molecule is CNc1ncnc(Nc2cc(Br)ccc2OC)c1[N+](=O)[O-]. The van der Waals surface area contributed by atoms with E-state index in [1.54, 1.807) is 25.2 Å². The van der Waals surface area contributed by atoms with Crippen LogP contribution in [0.2, 0.25) is 0 Å². The van der Waals surface area contributed by atoms with Crippen LogP contribution in [0.4, 0.5) is 23.0 Å². The van der Waals surface area contributed by atoms with Crippen molar-refractivity contribution >= 4 is 38.9 Å². The van der Waals surface area contributed by atoms with Crippen LogP contribution < -0.4 is 15.4 Å². The largest absolute Gasteiger partial charge is 0.495 e. The summed E-state index contributed by atoms with van der Waals surface area (Å²) in [4.78, 5) is 18.4. The van der Waals surface area contributed by atoms with E-state index in [0.717, 1.165) is 4.47 Å². The lowest BCUT2D eigenvalue weighted by Gasteiger charge is -2.12. The monoisotopic (exact) mass is 353 g/mol. The highest BCUT2D eigenvalue weighted by molar-refractivity contribution is 9.10. The Balaban J connectivity index is 2.49. The summed E-state index contributed by atoms with van der Waals surface area (Å²) >= 11 is 3.34. The first-order valence-electron chi connectivity index (χ1n) is 5.84. The number of nitrogens with one attached hydrogen (secondary N) is 2. The molecule has 0 aliphatic rings. The fraction of sp³-hybridized carbons (Fsp3) is 0.167. The molecule has 0 unspecified atom stereocenters.